The topological polar surface area (TPSA) is 37.0 Å². The van der Waals surface area contributed by atoms with E-state index in [9.17, 15) is 0 Å². The zero-order chi connectivity index (χ0) is 12.1. The van der Waals surface area contributed by atoms with Crippen LogP contribution < -0.4 is 10.6 Å². The lowest BCUT2D eigenvalue weighted by molar-refractivity contribution is 0.407. The molecule has 3 nitrogen and oxygen atoms in total. The van der Waals surface area contributed by atoms with Crippen LogP contribution in [0.1, 0.15) is 44.7 Å². The van der Waals surface area contributed by atoms with Crippen molar-refractivity contribution in [1.82, 2.24) is 15.6 Å². The van der Waals surface area contributed by atoms with E-state index in [1.165, 1.54) is 31.4 Å². The summed E-state index contributed by atoms with van der Waals surface area (Å²) < 4.78 is 0. The van der Waals surface area contributed by atoms with Crippen molar-refractivity contribution in [3.8, 4) is 0 Å². The molecule has 0 amide bonds. The van der Waals surface area contributed by atoms with Gasteiger partial charge in [0.25, 0.3) is 0 Å². The van der Waals surface area contributed by atoms with Gasteiger partial charge in [-0.05, 0) is 57.4 Å². The van der Waals surface area contributed by atoms with Crippen molar-refractivity contribution in [2.24, 2.45) is 0 Å². The molecule has 0 aliphatic carbocycles. The van der Waals surface area contributed by atoms with Gasteiger partial charge in [-0.15, -0.1) is 0 Å². The quantitative estimate of drug-likeness (QED) is 0.819. The lowest BCUT2D eigenvalue weighted by Crippen LogP contribution is -2.35. The van der Waals surface area contributed by atoms with Crippen LogP contribution in [0.25, 0.3) is 0 Å². The highest BCUT2D eigenvalue weighted by molar-refractivity contribution is 5.14. The molecular formula is C14H23N3. The van der Waals surface area contributed by atoms with Gasteiger partial charge in [0.1, 0.15) is 0 Å². The summed E-state index contributed by atoms with van der Waals surface area (Å²) >= 11 is 0. The number of aromatic nitrogens is 1. The monoisotopic (exact) mass is 233 g/mol. The second-order valence-electron chi connectivity index (χ2n) is 5.10. The minimum absolute atomic E-state index is 0.398. The molecule has 94 valence electrons. The summed E-state index contributed by atoms with van der Waals surface area (Å²) in [5.41, 5.74) is 1.31. The lowest BCUT2D eigenvalue weighted by atomic mass is 10.0. The van der Waals surface area contributed by atoms with E-state index in [0.717, 1.165) is 0 Å². The van der Waals surface area contributed by atoms with E-state index in [2.05, 4.69) is 41.6 Å². The number of pyridine rings is 1. The molecule has 3 atom stereocenters. The Morgan fingerprint density at radius 1 is 1.41 bits per heavy atom. The van der Waals surface area contributed by atoms with Crippen LogP contribution in [0.2, 0.25) is 0 Å². The number of nitrogens with zero attached hydrogens (tertiary/aromatic N) is 1. The van der Waals surface area contributed by atoms with E-state index in [-0.39, 0.29) is 0 Å². The standard InChI is InChI=1S/C14H23N3/c1-11(10-14-4-3-7-16-14)17-12(2)13-5-8-15-9-6-13/h5-6,8-9,11-12,14,16-17H,3-4,7,10H2,1-2H3/t11?,12-,14?/m0/s1. The summed E-state index contributed by atoms with van der Waals surface area (Å²) in [6.45, 7) is 5.68. The molecular weight excluding hydrogens is 210 g/mol. The number of rotatable bonds is 5. The van der Waals surface area contributed by atoms with Crippen molar-refractivity contribution in [2.75, 3.05) is 6.54 Å². The Bertz CT molecular complexity index is 319. The number of hydrogen-bond acceptors (Lipinski definition) is 3. The maximum absolute atomic E-state index is 4.05. The summed E-state index contributed by atoms with van der Waals surface area (Å²) in [5, 5.41) is 7.21. The molecule has 0 saturated carbocycles. The molecule has 1 aromatic rings. The molecule has 17 heavy (non-hydrogen) atoms. The fourth-order valence-corrected chi connectivity index (χ4v) is 2.63. The van der Waals surface area contributed by atoms with Crippen LogP contribution in [0.5, 0.6) is 0 Å². The SMILES string of the molecule is CC(CC1CCCN1)N[C@@H](C)c1ccncc1. The first-order valence-electron chi connectivity index (χ1n) is 6.65. The van der Waals surface area contributed by atoms with Crippen molar-refractivity contribution in [3.05, 3.63) is 30.1 Å². The number of hydrogen-bond donors (Lipinski definition) is 2. The van der Waals surface area contributed by atoms with Crippen LogP contribution in [-0.4, -0.2) is 23.6 Å². The van der Waals surface area contributed by atoms with Crippen molar-refractivity contribution in [2.45, 2.75) is 51.2 Å². The smallest absolute Gasteiger partial charge is 0.0295 e. The maximum Gasteiger partial charge on any atom is 0.0295 e. The highest BCUT2D eigenvalue weighted by Gasteiger charge is 2.18. The minimum atomic E-state index is 0.398. The predicted molar refractivity (Wildman–Crippen MR) is 70.9 cm³/mol. The Morgan fingerprint density at radius 3 is 2.82 bits per heavy atom. The first-order chi connectivity index (χ1) is 8.25. The summed E-state index contributed by atoms with van der Waals surface area (Å²) in [7, 11) is 0. The normalized spacial score (nSPS) is 23.5. The zero-order valence-corrected chi connectivity index (χ0v) is 10.8. The summed E-state index contributed by atoms with van der Waals surface area (Å²) in [5.74, 6) is 0. The van der Waals surface area contributed by atoms with Gasteiger partial charge in [-0.1, -0.05) is 0 Å². The summed E-state index contributed by atoms with van der Waals surface area (Å²) in [6.07, 6.45) is 7.59. The predicted octanol–water partition coefficient (Wildman–Crippen LogP) is 2.26. The van der Waals surface area contributed by atoms with Gasteiger partial charge in [-0.25, -0.2) is 0 Å². The average Bonchev–Trinajstić information content (AvgIpc) is 2.82. The van der Waals surface area contributed by atoms with Crippen molar-refractivity contribution < 1.29 is 0 Å². The Hall–Kier alpha value is -0.930. The highest BCUT2D eigenvalue weighted by atomic mass is 15.0. The summed E-state index contributed by atoms with van der Waals surface area (Å²) in [4.78, 5) is 4.05. The molecule has 0 radical (unpaired) electrons. The van der Waals surface area contributed by atoms with Gasteiger partial charge in [0.2, 0.25) is 0 Å². The molecule has 2 N–H and O–H groups in total. The maximum atomic E-state index is 4.05. The van der Waals surface area contributed by atoms with Crippen LogP contribution in [-0.2, 0) is 0 Å². The molecule has 0 aromatic carbocycles. The largest absolute Gasteiger partial charge is 0.314 e. The Balaban J connectivity index is 1.79. The first-order valence-corrected chi connectivity index (χ1v) is 6.65. The molecule has 1 aliphatic heterocycles. The van der Waals surface area contributed by atoms with Gasteiger partial charge in [0, 0.05) is 30.5 Å². The van der Waals surface area contributed by atoms with Crippen LogP contribution in [0.3, 0.4) is 0 Å². The Kier molecular flexibility index (Phi) is 4.51. The van der Waals surface area contributed by atoms with Gasteiger partial charge in [0.15, 0.2) is 0 Å². The van der Waals surface area contributed by atoms with Crippen LogP contribution in [0, 0.1) is 0 Å². The second kappa shape index (κ2) is 6.12. The molecule has 0 bridgehead atoms. The van der Waals surface area contributed by atoms with E-state index in [1.54, 1.807) is 0 Å². The van der Waals surface area contributed by atoms with Crippen molar-refractivity contribution in [3.63, 3.8) is 0 Å². The third-order valence-corrected chi connectivity index (χ3v) is 3.54. The van der Waals surface area contributed by atoms with Crippen LogP contribution >= 0.6 is 0 Å². The first kappa shape index (κ1) is 12.5. The molecule has 0 spiro atoms. The van der Waals surface area contributed by atoms with E-state index in [0.29, 0.717) is 18.1 Å². The Labute approximate surface area is 104 Å². The highest BCUT2D eigenvalue weighted by Crippen LogP contribution is 2.15. The second-order valence-corrected chi connectivity index (χ2v) is 5.10. The third kappa shape index (κ3) is 3.79. The van der Waals surface area contributed by atoms with Crippen molar-refractivity contribution in [1.29, 1.82) is 0 Å². The van der Waals surface area contributed by atoms with Gasteiger partial charge < -0.3 is 10.6 Å². The molecule has 2 unspecified atom stereocenters. The molecule has 1 saturated heterocycles. The average molecular weight is 233 g/mol. The van der Waals surface area contributed by atoms with Gasteiger partial charge in [0.05, 0.1) is 0 Å². The molecule has 1 aliphatic rings. The lowest BCUT2D eigenvalue weighted by Gasteiger charge is -2.23. The van der Waals surface area contributed by atoms with Gasteiger partial charge in [-0.3, -0.25) is 4.98 Å². The van der Waals surface area contributed by atoms with Crippen LogP contribution in [0.4, 0.5) is 0 Å². The summed E-state index contributed by atoms with van der Waals surface area (Å²) in [6, 6.07) is 5.82. The fourth-order valence-electron chi connectivity index (χ4n) is 2.63. The molecule has 3 heteroatoms. The minimum Gasteiger partial charge on any atom is -0.314 e. The molecule has 2 rings (SSSR count). The van der Waals surface area contributed by atoms with Crippen molar-refractivity contribution >= 4 is 0 Å². The third-order valence-electron chi connectivity index (χ3n) is 3.54. The molecule has 1 fully saturated rings. The van der Waals surface area contributed by atoms with E-state index in [1.807, 2.05) is 12.4 Å². The van der Waals surface area contributed by atoms with Crippen LogP contribution in [0.15, 0.2) is 24.5 Å². The Morgan fingerprint density at radius 2 is 2.18 bits per heavy atom. The van der Waals surface area contributed by atoms with Gasteiger partial charge in [-0.2, -0.15) is 0 Å². The zero-order valence-electron chi connectivity index (χ0n) is 10.8. The van der Waals surface area contributed by atoms with E-state index in [4.69, 9.17) is 0 Å². The number of nitrogens with one attached hydrogen (secondary N) is 2. The van der Waals surface area contributed by atoms with E-state index < -0.39 is 0 Å². The fraction of sp³-hybridized carbons (Fsp3) is 0.643. The molecule has 1 aromatic heterocycles. The van der Waals surface area contributed by atoms with Gasteiger partial charge >= 0.3 is 0 Å². The van der Waals surface area contributed by atoms with E-state index >= 15 is 0 Å². The molecule has 2 heterocycles.